The van der Waals surface area contributed by atoms with Gasteiger partial charge in [0.15, 0.2) is 11.3 Å². The second kappa shape index (κ2) is 8.53. The van der Waals surface area contributed by atoms with E-state index in [0.29, 0.717) is 17.5 Å². The number of amides is 1. The Morgan fingerprint density at radius 1 is 1.24 bits per heavy atom. The smallest absolute Gasteiger partial charge is 0.276 e. The molecule has 0 fully saturated rings. The summed E-state index contributed by atoms with van der Waals surface area (Å²) in [5.74, 6) is 1.49. The highest BCUT2D eigenvalue weighted by molar-refractivity contribution is 8.13. The Balaban J connectivity index is 1.78. The van der Waals surface area contributed by atoms with Crippen LogP contribution in [0.5, 0.6) is 5.75 Å². The SMILES string of the molecule is C=CCOc1ccc([C@H]2N=c3ccccc3=C3C(=O)NC(SCCC)=NN32)cc1. The van der Waals surface area contributed by atoms with E-state index in [4.69, 9.17) is 14.8 Å². The van der Waals surface area contributed by atoms with Gasteiger partial charge in [-0.05, 0) is 30.2 Å². The van der Waals surface area contributed by atoms with Crippen LogP contribution in [0.15, 0.2) is 71.3 Å². The van der Waals surface area contributed by atoms with Crippen LogP contribution in [0.4, 0.5) is 0 Å². The number of carbonyl (C=O) groups excluding carboxylic acids is 1. The molecule has 0 unspecified atom stereocenters. The molecule has 0 aromatic heterocycles. The number of nitrogens with one attached hydrogen (secondary N) is 1. The first-order valence-corrected chi connectivity index (χ1v) is 10.5. The molecule has 1 N–H and O–H groups in total. The standard InChI is InChI=1S/C22H22N4O2S/c1-3-13-28-16-11-9-15(10-12-16)20-23-18-8-6-5-7-17(18)19-21(27)24-22(25-26(19)20)29-14-4-2/h3,5-12,20H,1,4,13-14H2,2H3,(H,24,25,27)/t20-/m0/s1. The number of hydrogen-bond acceptors (Lipinski definition) is 6. The number of para-hydroxylation sites is 1. The van der Waals surface area contributed by atoms with Gasteiger partial charge in [-0.3, -0.25) is 15.1 Å². The summed E-state index contributed by atoms with van der Waals surface area (Å²) in [5.41, 5.74) is 1.45. The van der Waals surface area contributed by atoms with Crippen molar-refractivity contribution in [1.29, 1.82) is 0 Å². The van der Waals surface area contributed by atoms with Gasteiger partial charge in [0.05, 0.1) is 5.36 Å². The van der Waals surface area contributed by atoms with Gasteiger partial charge in [0.2, 0.25) is 0 Å². The predicted molar refractivity (Wildman–Crippen MR) is 116 cm³/mol. The van der Waals surface area contributed by atoms with Gasteiger partial charge in [-0.15, -0.1) is 5.10 Å². The number of carbonyl (C=O) groups is 1. The average Bonchev–Trinajstić information content (AvgIpc) is 2.76. The van der Waals surface area contributed by atoms with E-state index in [1.165, 1.54) is 11.8 Å². The number of thioether (sulfide) groups is 1. The molecule has 2 aliphatic heterocycles. The van der Waals surface area contributed by atoms with E-state index < -0.39 is 6.17 Å². The molecule has 0 bridgehead atoms. The fourth-order valence-electron chi connectivity index (χ4n) is 3.20. The third kappa shape index (κ3) is 3.91. The molecule has 7 heteroatoms. The first-order valence-electron chi connectivity index (χ1n) is 9.54. The molecular formula is C22H22N4O2S. The minimum absolute atomic E-state index is 0.156. The quantitative estimate of drug-likeness (QED) is 0.749. The van der Waals surface area contributed by atoms with E-state index in [1.807, 2.05) is 48.5 Å². The van der Waals surface area contributed by atoms with Crippen LogP contribution < -0.4 is 20.6 Å². The Hall–Kier alpha value is -3.06. The number of fused-ring (bicyclic) bond motifs is 2. The summed E-state index contributed by atoms with van der Waals surface area (Å²) in [6.07, 6.45) is 2.29. The molecule has 29 heavy (non-hydrogen) atoms. The van der Waals surface area contributed by atoms with Gasteiger partial charge < -0.3 is 4.74 Å². The van der Waals surface area contributed by atoms with Gasteiger partial charge >= 0.3 is 0 Å². The fourth-order valence-corrected chi connectivity index (χ4v) is 3.91. The highest BCUT2D eigenvalue weighted by Crippen LogP contribution is 2.31. The summed E-state index contributed by atoms with van der Waals surface area (Å²) in [4.78, 5) is 17.9. The zero-order valence-corrected chi connectivity index (χ0v) is 17.0. The topological polar surface area (TPSA) is 66.3 Å². The van der Waals surface area contributed by atoms with Crippen molar-refractivity contribution >= 4 is 28.5 Å². The number of ether oxygens (including phenoxy) is 1. The maximum absolute atomic E-state index is 13.0. The van der Waals surface area contributed by atoms with Gasteiger partial charge in [0.1, 0.15) is 18.1 Å². The molecule has 2 aromatic carbocycles. The number of rotatable bonds is 6. The molecule has 2 aromatic rings. The lowest BCUT2D eigenvalue weighted by molar-refractivity contribution is -0.116. The lowest BCUT2D eigenvalue weighted by Crippen LogP contribution is -2.50. The lowest BCUT2D eigenvalue weighted by atomic mass is 10.1. The Morgan fingerprint density at radius 3 is 2.79 bits per heavy atom. The minimum Gasteiger partial charge on any atom is -0.490 e. The van der Waals surface area contributed by atoms with Gasteiger partial charge in [-0.25, -0.2) is 5.01 Å². The monoisotopic (exact) mass is 406 g/mol. The minimum atomic E-state index is -0.420. The largest absolute Gasteiger partial charge is 0.490 e. The summed E-state index contributed by atoms with van der Waals surface area (Å²) >= 11 is 1.54. The molecule has 1 amide bonds. The average molecular weight is 407 g/mol. The lowest BCUT2D eigenvalue weighted by Gasteiger charge is -2.34. The molecule has 4 rings (SSSR count). The molecule has 0 radical (unpaired) electrons. The molecule has 6 nitrogen and oxygen atoms in total. The molecule has 0 saturated carbocycles. The number of hydrazone groups is 1. The highest BCUT2D eigenvalue weighted by atomic mass is 32.2. The van der Waals surface area contributed by atoms with Gasteiger partial charge in [-0.1, -0.05) is 61.7 Å². The molecule has 0 saturated heterocycles. The van der Waals surface area contributed by atoms with Gasteiger partial charge in [0, 0.05) is 11.0 Å². The highest BCUT2D eigenvalue weighted by Gasteiger charge is 2.34. The third-order valence-corrected chi connectivity index (χ3v) is 5.57. The maximum atomic E-state index is 13.0. The zero-order valence-electron chi connectivity index (χ0n) is 16.2. The van der Waals surface area contributed by atoms with Crippen LogP contribution in [0.25, 0.3) is 5.70 Å². The van der Waals surface area contributed by atoms with Crippen LogP contribution in [0.1, 0.15) is 25.1 Å². The third-order valence-electron chi connectivity index (χ3n) is 4.50. The van der Waals surface area contributed by atoms with Crippen molar-refractivity contribution in [1.82, 2.24) is 10.3 Å². The van der Waals surface area contributed by atoms with Crippen LogP contribution in [-0.2, 0) is 4.79 Å². The second-order valence-electron chi connectivity index (χ2n) is 6.59. The Labute approximate surface area is 173 Å². The van der Waals surface area contributed by atoms with E-state index in [2.05, 4.69) is 18.8 Å². The predicted octanol–water partition coefficient (Wildman–Crippen LogP) is 2.54. The molecule has 0 spiro atoms. The van der Waals surface area contributed by atoms with Crippen LogP contribution in [-0.4, -0.2) is 28.4 Å². The van der Waals surface area contributed by atoms with Crippen LogP contribution in [0.3, 0.4) is 0 Å². The first kappa shape index (κ1) is 19.3. The normalized spacial score (nSPS) is 17.5. The van der Waals surface area contributed by atoms with E-state index in [0.717, 1.165) is 34.1 Å². The Morgan fingerprint density at radius 2 is 2.03 bits per heavy atom. The van der Waals surface area contributed by atoms with Crippen LogP contribution >= 0.6 is 11.8 Å². The molecule has 148 valence electrons. The zero-order chi connectivity index (χ0) is 20.2. The summed E-state index contributed by atoms with van der Waals surface area (Å²) < 4.78 is 5.58. The summed E-state index contributed by atoms with van der Waals surface area (Å²) in [6.45, 7) is 6.21. The maximum Gasteiger partial charge on any atom is 0.276 e. The molecular weight excluding hydrogens is 384 g/mol. The van der Waals surface area contributed by atoms with Crippen molar-refractivity contribution in [2.45, 2.75) is 19.5 Å². The van der Waals surface area contributed by atoms with Crippen molar-refractivity contribution < 1.29 is 9.53 Å². The van der Waals surface area contributed by atoms with Gasteiger partial charge in [-0.2, -0.15) is 0 Å². The molecule has 2 aliphatic rings. The van der Waals surface area contributed by atoms with Crippen LogP contribution in [0.2, 0.25) is 0 Å². The molecule has 2 heterocycles. The number of amidine groups is 1. The summed E-state index contributed by atoms with van der Waals surface area (Å²) in [7, 11) is 0. The molecule has 0 aliphatic carbocycles. The van der Waals surface area contributed by atoms with Crippen molar-refractivity contribution in [2.75, 3.05) is 12.4 Å². The van der Waals surface area contributed by atoms with E-state index in [9.17, 15) is 4.79 Å². The Kier molecular flexibility index (Phi) is 5.67. The van der Waals surface area contributed by atoms with E-state index in [1.54, 1.807) is 11.1 Å². The van der Waals surface area contributed by atoms with Crippen molar-refractivity contribution in [2.24, 2.45) is 10.1 Å². The number of benzene rings is 2. The Bertz CT molecular complexity index is 1080. The first-order chi connectivity index (χ1) is 14.2. The van der Waals surface area contributed by atoms with E-state index in [-0.39, 0.29) is 5.91 Å². The number of nitrogens with zero attached hydrogens (tertiary/aromatic N) is 3. The molecule has 1 atom stereocenters. The van der Waals surface area contributed by atoms with Crippen molar-refractivity contribution in [3.63, 3.8) is 0 Å². The fraction of sp³-hybridized carbons (Fsp3) is 0.227. The second-order valence-corrected chi connectivity index (χ2v) is 7.67. The van der Waals surface area contributed by atoms with Gasteiger partial charge in [0.25, 0.3) is 5.91 Å². The number of hydrogen-bond donors (Lipinski definition) is 1. The summed E-state index contributed by atoms with van der Waals surface area (Å²) in [6, 6.07) is 15.4. The summed E-state index contributed by atoms with van der Waals surface area (Å²) in [5, 5.41) is 11.6. The van der Waals surface area contributed by atoms with E-state index >= 15 is 0 Å². The van der Waals surface area contributed by atoms with Crippen molar-refractivity contribution in [3.8, 4) is 5.75 Å². The van der Waals surface area contributed by atoms with Crippen LogP contribution in [0, 0.1) is 0 Å². The van der Waals surface area contributed by atoms with Crippen molar-refractivity contribution in [3.05, 3.63) is 77.3 Å².